The predicted octanol–water partition coefficient (Wildman–Crippen LogP) is 1.98. The highest BCUT2D eigenvalue weighted by Gasteiger charge is 2.30. The minimum absolute atomic E-state index is 0.0254. The van der Waals surface area contributed by atoms with Gasteiger partial charge in [0, 0.05) is 25.7 Å². The SMILES string of the molecule is CCN(C(=O)C(C)N)C1CCN(C(=O)OCc2ccccc2)CC1. The van der Waals surface area contributed by atoms with Crippen molar-refractivity contribution < 1.29 is 14.3 Å². The lowest BCUT2D eigenvalue weighted by molar-refractivity contribution is -0.135. The first-order chi connectivity index (χ1) is 11.5. The van der Waals surface area contributed by atoms with E-state index >= 15 is 0 Å². The van der Waals surface area contributed by atoms with Crippen molar-refractivity contribution in [2.45, 2.75) is 45.4 Å². The quantitative estimate of drug-likeness (QED) is 0.894. The second-order valence-electron chi connectivity index (χ2n) is 6.17. The smallest absolute Gasteiger partial charge is 0.410 e. The molecule has 1 fully saturated rings. The van der Waals surface area contributed by atoms with Crippen LogP contribution in [0.25, 0.3) is 0 Å². The standard InChI is InChI=1S/C18H27N3O3/c1-3-21(17(22)14(2)19)16-9-11-20(12-10-16)18(23)24-13-15-7-5-4-6-8-15/h4-8,14,16H,3,9-13,19H2,1-2H3. The zero-order valence-corrected chi connectivity index (χ0v) is 14.5. The van der Waals surface area contributed by atoms with Crippen molar-refractivity contribution >= 4 is 12.0 Å². The molecule has 0 spiro atoms. The van der Waals surface area contributed by atoms with Gasteiger partial charge in [0.25, 0.3) is 0 Å². The summed E-state index contributed by atoms with van der Waals surface area (Å²) in [4.78, 5) is 27.8. The summed E-state index contributed by atoms with van der Waals surface area (Å²) in [5.41, 5.74) is 6.69. The number of nitrogens with two attached hydrogens (primary N) is 1. The Morgan fingerprint density at radius 1 is 1.29 bits per heavy atom. The molecule has 0 radical (unpaired) electrons. The summed E-state index contributed by atoms with van der Waals surface area (Å²) in [5, 5.41) is 0. The molecular weight excluding hydrogens is 306 g/mol. The van der Waals surface area contributed by atoms with Crippen LogP contribution in [0.4, 0.5) is 4.79 Å². The summed E-state index contributed by atoms with van der Waals surface area (Å²) in [6, 6.07) is 9.29. The van der Waals surface area contributed by atoms with Gasteiger partial charge in [-0.2, -0.15) is 0 Å². The number of piperidine rings is 1. The maximum atomic E-state index is 12.2. The van der Waals surface area contributed by atoms with Gasteiger partial charge < -0.3 is 20.3 Å². The topological polar surface area (TPSA) is 75.9 Å². The van der Waals surface area contributed by atoms with Crippen molar-refractivity contribution in [3.05, 3.63) is 35.9 Å². The van der Waals surface area contributed by atoms with Crippen LogP contribution in [-0.4, -0.2) is 53.5 Å². The van der Waals surface area contributed by atoms with Crippen LogP contribution < -0.4 is 5.73 Å². The van der Waals surface area contributed by atoms with Crippen LogP contribution in [-0.2, 0) is 16.1 Å². The summed E-state index contributed by atoms with van der Waals surface area (Å²) >= 11 is 0. The maximum Gasteiger partial charge on any atom is 0.410 e. The highest BCUT2D eigenvalue weighted by Crippen LogP contribution is 2.18. The number of hydrogen-bond acceptors (Lipinski definition) is 4. The summed E-state index contributed by atoms with van der Waals surface area (Å²) in [5.74, 6) is -0.0254. The first kappa shape index (κ1) is 18.3. The number of ether oxygens (including phenoxy) is 1. The van der Waals surface area contributed by atoms with E-state index in [1.54, 1.807) is 11.8 Å². The Balaban J connectivity index is 1.81. The Hall–Kier alpha value is -2.08. The molecule has 2 rings (SSSR count). The lowest BCUT2D eigenvalue weighted by Crippen LogP contribution is -2.52. The van der Waals surface area contributed by atoms with E-state index in [2.05, 4.69) is 0 Å². The molecule has 1 atom stereocenters. The molecule has 1 saturated heterocycles. The molecule has 6 heteroatoms. The first-order valence-electron chi connectivity index (χ1n) is 8.54. The molecular formula is C18H27N3O3. The van der Waals surface area contributed by atoms with Gasteiger partial charge in [0.2, 0.25) is 5.91 Å². The van der Waals surface area contributed by atoms with Crippen molar-refractivity contribution in [1.82, 2.24) is 9.80 Å². The van der Waals surface area contributed by atoms with Crippen LogP contribution in [0.1, 0.15) is 32.3 Å². The van der Waals surface area contributed by atoms with Crippen molar-refractivity contribution in [3.63, 3.8) is 0 Å². The molecule has 2 amide bonds. The van der Waals surface area contributed by atoms with E-state index in [9.17, 15) is 9.59 Å². The molecule has 6 nitrogen and oxygen atoms in total. The Bertz CT molecular complexity index is 540. The molecule has 1 aromatic rings. The molecule has 1 aromatic carbocycles. The van der Waals surface area contributed by atoms with Crippen molar-refractivity contribution in [2.75, 3.05) is 19.6 Å². The summed E-state index contributed by atoms with van der Waals surface area (Å²) in [6.07, 6.45) is 1.22. The van der Waals surface area contributed by atoms with E-state index < -0.39 is 6.04 Å². The fourth-order valence-electron chi connectivity index (χ4n) is 3.03. The molecule has 0 bridgehead atoms. The monoisotopic (exact) mass is 333 g/mol. The molecule has 1 unspecified atom stereocenters. The van der Waals surface area contributed by atoms with E-state index in [0.29, 0.717) is 19.6 Å². The number of likely N-dealkylation sites (N-methyl/N-ethyl adjacent to an activating group) is 1. The van der Waals surface area contributed by atoms with Gasteiger partial charge in [0.05, 0.1) is 6.04 Å². The molecule has 0 aliphatic carbocycles. The Kier molecular flexibility index (Phi) is 6.61. The molecule has 1 aliphatic heterocycles. The molecule has 0 saturated carbocycles. The third kappa shape index (κ3) is 4.71. The van der Waals surface area contributed by atoms with Gasteiger partial charge in [-0.25, -0.2) is 4.79 Å². The first-order valence-corrected chi connectivity index (χ1v) is 8.54. The van der Waals surface area contributed by atoms with Gasteiger partial charge in [-0.05, 0) is 32.3 Å². The zero-order valence-electron chi connectivity index (χ0n) is 14.5. The highest BCUT2D eigenvalue weighted by atomic mass is 16.6. The van der Waals surface area contributed by atoms with Crippen molar-refractivity contribution in [2.24, 2.45) is 5.73 Å². The lowest BCUT2D eigenvalue weighted by atomic mass is 10.0. The van der Waals surface area contributed by atoms with Crippen LogP contribution >= 0.6 is 0 Å². The minimum atomic E-state index is -0.487. The molecule has 24 heavy (non-hydrogen) atoms. The van der Waals surface area contributed by atoms with Crippen molar-refractivity contribution in [3.8, 4) is 0 Å². The fraction of sp³-hybridized carbons (Fsp3) is 0.556. The summed E-state index contributed by atoms with van der Waals surface area (Å²) in [6.45, 7) is 5.79. The van der Waals surface area contributed by atoms with E-state index in [1.165, 1.54) is 0 Å². The summed E-state index contributed by atoms with van der Waals surface area (Å²) < 4.78 is 5.36. The maximum absolute atomic E-state index is 12.2. The average Bonchev–Trinajstić information content (AvgIpc) is 2.61. The van der Waals surface area contributed by atoms with Crippen LogP contribution in [0.15, 0.2) is 30.3 Å². The molecule has 1 heterocycles. The van der Waals surface area contributed by atoms with Gasteiger partial charge in [-0.3, -0.25) is 4.79 Å². The van der Waals surface area contributed by atoms with Crippen LogP contribution in [0.5, 0.6) is 0 Å². The third-order valence-electron chi connectivity index (χ3n) is 4.38. The Labute approximate surface area is 143 Å². The van der Waals surface area contributed by atoms with Crippen LogP contribution in [0.3, 0.4) is 0 Å². The zero-order chi connectivity index (χ0) is 17.5. The minimum Gasteiger partial charge on any atom is -0.445 e. The Morgan fingerprint density at radius 2 is 1.92 bits per heavy atom. The fourth-order valence-corrected chi connectivity index (χ4v) is 3.03. The second-order valence-corrected chi connectivity index (χ2v) is 6.17. The van der Waals surface area contributed by atoms with E-state index in [1.807, 2.05) is 42.2 Å². The number of amides is 2. The van der Waals surface area contributed by atoms with Gasteiger partial charge >= 0.3 is 6.09 Å². The molecule has 132 valence electrons. The average molecular weight is 333 g/mol. The van der Waals surface area contributed by atoms with Crippen molar-refractivity contribution in [1.29, 1.82) is 0 Å². The lowest BCUT2D eigenvalue weighted by Gasteiger charge is -2.38. The van der Waals surface area contributed by atoms with E-state index in [-0.39, 0.29) is 24.6 Å². The number of nitrogens with zero attached hydrogens (tertiary/aromatic N) is 2. The largest absolute Gasteiger partial charge is 0.445 e. The predicted molar refractivity (Wildman–Crippen MR) is 92.3 cm³/mol. The molecule has 2 N–H and O–H groups in total. The van der Waals surface area contributed by atoms with Crippen LogP contribution in [0.2, 0.25) is 0 Å². The normalized spacial score (nSPS) is 16.5. The molecule has 0 aromatic heterocycles. The summed E-state index contributed by atoms with van der Waals surface area (Å²) in [7, 11) is 0. The number of benzene rings is 1. The van der Waals surface area contributed by atoms with Gasteiger partial charge in [0.1, 0.15) is 6.61 Å². The molecule has 1 aliphatic rings. The number of rotatable bonds is 5. The number of likely N-dealkylation sites (tertiary alicyclic amines) is 1. The Morgan fingerprint density at radius 3 is 2.46 bits per heavy atom. The van der Waals surface area contributed by atoms with Gasteiger partial charge in [-0.1, -0.05) is 30.3 Å². The van der Waals surface area contributed by atoms with E-state index in [0.717, 1.165) is 18.4 Å². The van der Waals surface area contributed by atoms with Gasteiger partial charge in [-0.15, -0.1) is 0 Å². The number of carbonyl (C=O) groups is 2. The highest BCUT2D eigenvalue weighted by molar-refractivity contribution is 5.81. The number of carbonyl (C=O) groups excluding carboxylic acids is 2. The second kappa shape index (κ2) is 8.68. The van der Waals surface area contributed by atoms with Gasteiger partial charge in [0.15, 0.2) is 0 Å². The third-order valence-corrected chi connectivity index (χ3v) is 4.38. The number of hydrogen-bond donors (Lipinski definition) is 1. The van der Waals surface area contributed by atoms with E-state index in [4.69, 9.17) is 10.5 Å². The van der Waals surface area contributed by atoms with Crippen LogP contribution in [0, 0.1) is 0 Å².